The van der Waals surface area contributed by atoms with E-state index in [2.05, 4.69) is 41.2 Å². The molecule has 0 aromatic carbocycles. The summed E-state index contributed by atoms with van der Waals surface area (Å²) < 4.78 is 2.09. The van der Waals surface area contributed by atoms with Crippen molar-refractivity contribution >= 4 is 0 Å². The fraction of sp³-hybridized carbons (Fsp3) is 0.786. The first kappa shape index (κ1) is 13.6. The van der Waals surface area contributed by atoms with Gasteiger partial charge in [0.05, 0.1) is 18.3 Å². The SMILES string of the molecule is CCC(CC)n1ccc(CC2(CO)CCNC2)n1. The number of aliphatic hydroxyl groups excluding tert-OH is 1. The Morgan fingerprint density at radius 2 is 2.28 bits per heavy atom. The minimum atomic E-state index is 0.00705. The van der Waals surface area contributed by atoms with Crippen LogP contribution in [0.4, 0.5) is 0 Å². The van der Waals surface area contributed by atoms with Crippen molar-refractivity contribution in [3.63, 3.8) is 0 Å². The van der Waals surface area contributed by atoms with E-state index < -0.39 is 0 Å². The number of hydrogen-bond acceptors (Lipinski definition) is 3. The van der Waals surface area contributed by atoms with E-state index >= 15 is 0 Å². The van der Waals surface area contributed by atoms with Gasteiger partial charge in [-0.2, -0.15) is 5.10 Å². The van der Waals surface area contributed by atoms with Gasteiger partial charge in [0, 0.05) is 24.6 Å². The molecule has 102 valence electrons. The van der Waals surface area contributed by atoms with Crippen LogP contribution in [0.2, 0.25) is 0 Å². The summed E-state index contributed by atoms with van der Waals surface area (Å²) in [5.74, 6) is 0. The molecule has 1 fully saturated rings. The van der Waals surface area contributed by atoms with Crippen molar-refractivity contribution in [1.29, 1.82) is 0 Å². The van der Waals surface area contributed by atoms with Crippen LogP contribution in [0.1, 0.15) is 44.8 Å². The van der Waals surface area contributed by atoms with Gasteiger partial charge in [0.25, 0.3) is 0 Å². The van der Waals surface area contributed by atoms with Gasteiger partial charge in [-0.25, -0.2) is 0 Å². The second-order valence-corrected chi connectivity index (χ2v) is 5.52. The van der Waals surface area contributed by atoms with Crippen LogP contribution in [0.5, 0.6) is 0 Å². The van der Waals surface area contributed by atoms with E-state index in [0.717, 1.165) is 44.5 Å². The van der Waals surface area contributed by atoms with E-state index in [1.165, 1.54) is 0 Å². The van der Waals surface area contributed by atoms with Crippen LogP contribution in [0.3, 0.4) is 0 Å². The predicted molar refractivity (Wildman–Crippen MR) is 72.6 cm³/mol. The van der Waals surface area contributed by atoms with Gasteiger partial charge in [-0.3, -0.25) is 4.68 Å². The van der Waals surface area contributed by atoms with Gasteiger partial charge < -0.3 is 10.4 Å². The topological polar surface area (TPSA) is 50.1 Å². The first-order valence-electron chi connectivity index (χ1n) is 7.08. The van der Waals surface area contributed by atoms with Crippen LogP contribution in [0, 0.1) is 5.41 Å². The van der Waals surface area contributed by atoms with Crippen LogP contribution in [0.25, 0.3) is 0 Å². The van der Waals surface area contributed by atoms with Crippen molar-refractivity contribution in [3.05, 3.63) is 18.0 Å². The minimum absolute atomic E-state index is 0.00705. The van der Waals surface area contributed by atoms with Crippen molar-refractivity contribution in [1.82, 2.24) is 15.1 Å². The molecule has 4 heteroatoms. The summed E-state index contributed by atoms with van der Waals surface area (Å²) in [5, 5.41) is 17.6. The summed E-state index contributed by atoms with van der Waals surface area (Å²) in [4.78, 5) is 0. The molecule has 2 heterocycles. The number of aliphatic hydroxyl groups is 1. The van der Waals surface area contributed by atoms with Gasteiger partial charge in [-0.05, 0) is 31.9 Å². The lowest BCUT2D eigenvalue weighted by molar-refractivity contribution is 0.141. The Morgan fingerprint density at radius 1 is 1.50 bits per heavy atom. The third-order valence-electron chi connectivity index (χ3n) is 4.20. The molecule has 1 aromatic heterocycles. The highest BCUT2D eigenvalue weighted by atomic mass is 16.3. The fourth-order valence-electron chi connectivity index (χ4n) is 2.86. The smallest absolute Gasteiger partial charge is 0.0631 e. The molecule has 0 radical (unpaired) electrons. The Hall–Kier alpha value is -0.870. The predicted octanol–water partition coefficient (Wildman–Crippen LogP) is 1.76. The molecule has 4 nitrogen and oxygen atoms in total. The zero-order valence-corrected chi connectivity index (χ0v) is 11.5. The van der Waals surface area contributed by atoms with Gasteiger partial charge in [-0.15, -0.1) is 0 Å². The standard InChI is InChI=1S/C14H25N3O/c1-3-13(4-2)17-8-5-12(16-17)9-14(11-18)6-7-15-10-14/h5,8,13,15,18H,3-4,6-7,9-11H2,1-2H3. The lowest BCUT2D eigenvalue weighted by atomic mass is 9.83. The molecule has 1 aromatic rings. The second-order valence-electron chi connectivity index (χ2n) is 5.52. The van der Waals surface area contributed by atoms with Crippen molar-refractivity contribution in [2.45, 2.75) is 45.6 Å². The Balaban J connectivity index is 2.06. The highest BCUT2D eigenvalue weighted by molar-refractivity contribution is 5.06. The summed E-state index contributed by atoms with van der Waals surface area (Å²) in [7, 11) is 0. The van der Waals surface area contributed by atoms with E-state index in [9.17, 15) is 5.11 Å². The van der Waals surface area contributed by atoms with E-state index in [-0.39, 0.29) is 12.0 Å². The largest absolute Gasteiger partial charge is 0.396 e. The van der Waals surface area contributed by atoms with E-state index in [1.807, 2.05) is 0 Å². The molecule has 1 aliphatic heterocycles. The Kier molecular flexibility index (Phi) is 4.40. The highest BCUT2D eigenvalue weighted by Crippen LogP contribution is 2.29. The molecule has 1 atom stereocenters. The van der Waals surface area contributed by atoms with Crippen LogP contribution in [-0.4, -0.2) is 34.6 Å². The van der Waals surface area contributed by atoms with Crippen molar-refractivity contribution in [2.24, 2.45) is 5.41 Å². The molecule has 18 heavy (non-hydrogen) atoms. The van der Waals surface area contributed by atoms with Crippen LogP contribution < -0.4 is 5.32 Å². The molecule has 1 unspecified atom stereocenters. The van der Waals surface area contributed by atoms with Crippen molar-refractivity contribution < 1.29 is 5.11 Å². The average molecular weight is 251 g/mol. The number of aromatic nitrogens is 2. The summed E-state index contributed by atoms with van der Waals surface area (Å²) in [6, 6.07) is 2.61. The maximum Gasteiger partial charge on any atom is 0.0631 e. The van der Waals surface area contributed by atoms with E-state index in [4.69, 9.17) is 0 Å². The molecular formula is C14H25N3O. The van der Waals surface area contributed by atoms with Crippen molar-refractivity contribution in [3.8, 4) is 0 Å². The third kappa shape index (κ3) is 2.75. The lowest BCUT2D eigenvalue weighted by Crippen LogP contribution is -2.30. The fourth-order valence-corrected chi connectivity index (χ4v) is 2.86. The summed E-state index contributed by atoms with van der Waals surface area (Å²) in [6.45, 7) is 6.56. The normalized spacial score (nSPS) is 24.0. The molecule has 0 amide bonds. The molecular weight excluding hydrogens is 226 g/mol. The monoisotopic (exact) mass is 251 g/mol. The van der Waals surface area contributed by atoms with Gasteiger partial charge in [0.1, 0.15) is 0 Å². The van der Waals surface area contributed by atoms with Crippen molar-refractivity contribution in [2.75, 3.05) is 19.7 Å². The maximum absolute atomic E-state index is 9.61. The Bertz CT molecular complexity index is 365. The Morgan fingerprint density at radius 3 is 2.83 bits per heavy atom. The Labute approximate surface area is 109 Å². The molecule has 0 bridgehead atoms. The summed E-state index contributed by atoms with van der Waals surface area (Å²) in [6.07, 6.45) is 6.24. The molecule has 1 aliphatic rings. The molecule has 0 aliphatic carbocycles. The number of nitrogens with zero attached hydrogens (tertiary/aromatic N) is 2. The number of nitrogens with one attached hydrogen (secondary N) is 1. The first-order valence-corrected chi connectivity index (χ1v) is 7.08. The third-order valence-corrected chi connectivity index (χ3v) is 4.20. The van der Waals surface area contributed by atoms with Gasteiger partial charge in [0.2, 0.25) is 0 Å². The molecule has 1 saturated heterocycles. The molecule has 2 N–H and O–H groups in total. The van der Waals surface area contributed by atoms with Gasteiger partial charge >= 0.3 is 0 Å². The molecule has 0 spiro atoms. The van der Waals surface area contributed by atoms with E-state index in [0.29, 0.717) is 6.04 Å². The highest BCUT2D eigenvalue weighted by Gasteiger charge is 2.34. The number of rotatable bonds is 6. The molecule has 2 rings (SSSR count). The summed E-state index contributed by atoms with van der Waals surface area (Å²) in [5.41, 5.74) is 1.12. The minimum Gasteiger partial charge on any atom is -0.396 e. The zero-order chi connectivity index (χ0) is 13.0. The van der Waals surface area contributed by atoms with Crippen LogP contribution >= 0.6 is 0 Å². The summed E-state index contributed by atoms with van der Waals surface area (Å²) >= 11 is 0. The zero-order valence-electron chi connectivity index (χ0n) is 11.5. The van der Waals surface area contributed by atoms with Crippen LogP contribution in [-0.2, 0) is 6.42 Å². The second kappa shape index (κ2) is 5.85. The maximum atomic E-state index is 9.61. The van der Waals surface area contributed by atoms with Gasteiger partial charge in [0.15, 0.2) is 0 Å². The van der Waals surface area contributed by atoms with Gasteiger partial charge in [-0.1, -0.05) is 13.8 Å². The first-order chi connectivity index (χ1) is 8.73. The van der Waals surface area contributed by atoms with Crippen LogP contribution in [0.15, 0.2) is 12.3 Å². The average Bonchev–Trinajstić information content (AvgIpc) is 3.02. The number of hydrogen-bond donors (Lipinski definition) is 2. The lowest BCUT2D eigenvalue weighted by Gasteiger charge is -2.24. The van der Waals surface area contributed by atoms with E-state index in [1.54, 1.807) is 0 Å². The molecule has 0 saturated carbocycles. The quantitative estimate of drug-likeness (QED) is 0.810.